The van der Waals surface area contributed by atoms with Crippen molar-refractivity contribution < 1.29 is 0 Å². The van der Waals surface area contributed by atoms with E-state index in [4.69, 9.17) is 5.73 Å². The van der Waals surface area contributed by atoms with E-state index in [-0.39, 0.29) is 0 Å². The van der Waals surface area contributed by atoms with Gasteiger partial charge in [-0.05, 0) is 13.8 Å². The van der Waals surface area contributed by atoms with Gasteiger partial charge in [0.1, 0.15) is 0 Å². The molecule has 0 heterocycles. The third-order valence-electron chi connectivity index (χ3n) is 0.419. The molecule has 0 aliphatic rings. The van der Waals surface area contributed by atoms with Crippen LogP contribution in [0.4, 0.5) is 0 Å². The smallest absolute Gasteiger partial charge is 0.0421 e. The highest BCUT2D eigenvalue weighted by Gasteiger charge is 1.66. The molecule has 0 spiro atoms. The Morgan fingerprint density at radius 2 is 1.78 bits per heavy atom. The van der Waals surface area contributed by atoms with E-state index in [0.29, 0.717) is 0 Å². The van der Waals surface area contributed by atoms with Crippen LogP contribution in [0.5, 0.6) is 0 Å². The molecule has 0 aromatic rings. The lowest BCUT2D eigenvalue weighted by Crippen LogP contribution is -1.78. The van der Waals surface area contributed by atoms with Crippen LogP contribution < -0.4 is 5.73 Å². The van der Waals surface area contributed by atoms with E-state index in [1.165, 1.54) is 6.20 Å². The molecule has 0 bridgehead atoms. The molecule has 0 saturated heterocycles. The Labute approximate surface area is 57.5 Å². The maximum atomic E-state index is 4.99. The number of rotatable bonds is 1. The minimum Gasteiger partial charge on any atom is -0.403 e. The Kier molecular flexibility index (Phi) is 12.6. The van der Waals surface area contributed by atoms with Gasteiger partial charge < -0.3 is 5.73 Å². The summed E-state index contributed by atoms with van der Waals surface area (Å²) in [4.78, 5) is 3.85. The molecule has 9 heavy (non-hydrogen) atoms. The van der Waals surface area contributed by atoms with Crippen molar-refractivity contribution in [3.8, 4) is 0 Å². The molecule has 54 valence electrons. The highest BCUT2D eigenvalue weighted by molar-refractivity contribution is 5.79. The second kappa shape index (κ2) is 10.2. The first-order chi connectivity index (χ1) is 4.27. The first-order valence-corrected chi connectivity index (χ1v) is 3.15. The molecule has 0 unspecified atom stereocenters. The van der Waals surface area contributed by atoms with Crippen LogP contribution in [0.2, 0.25) is 0 Å². The van der Waals surface area contributed by atoms with E-state index in [1.807, 2.05) is 27.7 Å². The zero-order chi connectivity index (χ0) is 7.70. The molecular formula is C7H16N2. The summed E-state index contributed by atoms with van der Waals surface area (Å²) in [6, 6.07) is 0. The van der Waals surface area contributed by atoms with Gasteiger partial charge in [0.05, 0.1) is 0 Å². The van der Waals surface area contributed by atoms with Crippen LogP contribution in [0, 0.1) is 0 Å². The molecular weight excluding hydrogens is 112 g/mol. The summed E-state index contributed by atoms with van der Waals surface area (Å²) >= 11 is 0. The summed E-state index contributed by atoms with van der Waals surface area (Å²) < 4.78 is 0. The van der Waals surface area contributed by atoms with Crippen molar-refractivity contribution in [1.82, 2.24) is 0 Å². The van der Waals surface area contributed by atoms with Crippen molar-refractivity contribution in [3.63, 3.8) is 0 Å². The Morgan fingerprint density at radius 3 is 1.89 bits per heavy atom. The second-order valence-corrected chi connectivity index (χ2v) is 1.42. The molecule has 0 aromatic heterocycles. The summed E-state index contributed by atoms with van der Waals surface area (Å²) in [6.45, 7) is 7.83. The van der Waals surface area contributed by atoms with Crippen LogP contribution in [0.1, 0.15) is 27.7 Å². The average molecular weight is 128 g/mol. The Bertz CT molecular complexity index is 89.1. The van der Waals surface area contributed by atoms with E-state index in [2.05, 4.69) is 4.99 Å². The number of nitrogens with zero attached hydrogens (tertiary/aromatic N) is 1. The van der Waals surface area contributed by atoms with E-state index >= 15 is 0 Å². The largest absolute Gasteiger partial charge is 0.403 e. The van der Waals surface area contributed by atoms with Gasteiger partial charge in [-0.2, -0.15) is 0 Å². The lowest BCUT2D eigenvalue weighted by Gasteiger charge is -1.78. The van der Waals surface area contributed by atoms with E-state index < -0.39 is 0 Å². The molecule has 0 fully saturated rings. The number of hydrogen-bond acceptors (Lipinski definition) is 2. The van der Waals surface area contributed by atoms with E-state index in [1.54, 1.807) is 6.20 Å². The molecule has 0 rings (SSSR count). The van der Waals surface area contributed by atoms with Crippen LogP contribution in [0.25, 0.3) is 0 Å². The molecule has 2 nitrogen and oxygen atoms in total. The Hall–Kier alpha value is -0.790. The van der Waals surface area contributed by atoms with Crippen molar-refractivity contribution >= 4 is 5.71 Å². The molecule has 2 N–H and O–H groups in total. The van der Waals surface area contributed by atoms with Gasteiger partial charge in [0.25, 0.3) is 0 Å². The predicted octanol–water partition coefficient (Wildman–Crippen LogP) is 1.92. The molecule has 0 amide bonds. The summed E-state index contributed by atoms with van der Waals surface area (Å²) in [5, 5.41) is 0. The highest BCUT2D eigenvalue weighted by Crippen LogP contribution is 1.73. The summed E-state index contributed by atoms with van der Waals surface area (Å²) in [6.07, 6.45) is 2.97. The topological polar surface area (TPSA) is 38.4 Å². The molecule has 2 heteroatoms. The van der Waals surface area contributed by atoms with Gasteiger partial charge in [0.2, 0.25) is 0 Å². The second-order valence-electron chi connectivity index (χ2n) is 1.42. The van der Waals surface area contributed by atoms with Crippen LogP contribution in [-0.4, -0.2) is 5.71 Å². The zero-order valence-corrected chi connectivity index (χ0v) is 6.68. The Balaban J connectivity index is 0. The van der Waals surface area contributed by atoms with Gasteiger partial charge in [-0.15, -0.1) is 0 Å². The van der Waals surface area contributed by atoms with Crippen LogP contribution in [0.15, 0.2) is 17.4 Å². The van der Waals surface area contributed by atoms with Gasteiger partial charge >= 0.3 is 0 Å². The van der Waals surface area contributed by atoms with Gasteiger partial charge in [-0.1, -0.05) is 13.8 Å². The van der Waals surface area contributed by atoms with Gasteiger partial charge in [0, 0.05) is 18.1 Å². The first kappa shape index (κ1) is 11.1. The van der Waals surface area contributed by atoms with Crippen molar-refractivity contribution in [2.45, 2.75) is 27.7 Å². The minimum absolute atomic E-state index is 1.02. The molecule has 0 aromatic carbocycles. The lowest BCUT2D eigenvalue weighted by atomic mass is 10.5. The van der Waals surface area contributed by atoms with Crippen LogP contribution in [-0.2, 0) is 0 Å². The fourth-order valence-corrected chi connectivity index (χ4v) is 0.192. The van der Waals surface area contributed by atoms with Gasteiger partial charge in [0.15, 0.2) is 0 Å². The molecule has 0 radical (unpaired) electrons. The molecule has 0 saturated carbocycles. The number of nitrogens with two attached hydrogens (primary N) is 1. The van der Waals surface area contributed by atoms with Crippen LogP contribution in [0.3, 0.4) is 0 Å². The minimum atomic E-state index is 1.02. The predicted molar refractivity (Wildman–Crippen MR) is 43.5 cm³/mol. The zero-order valence-electron chi connectivity index (χ0n) is 6.68. The van der Waals surface area contributed by atoms with Crippen molar-refractivity contribution in [1.29, 1.82) is 0 Å². The molecule has 0 aliphatic carbocycles. The van der Waals surface area contributed by atoms with Gasteiger partial charge in [-0.3, -0.25) is 4.99 Å². The number of hydrogen-bond donors (Lipinski definition) is 1. The summed E-state index contributed by atoms with van der Waals surface area (Å²) in [7, 11) is 0. The maximum Gasteiger partial charge on any atom is 0.0421 e. The fourth-order valence-electron chi connectivity index (χ4n) is 0.192. The first-order valence-electron chi connectivity index (χ1n) is 3.15. The van der Waals surface area contributed by atoms with Gasteiger partial charge in [-0.25, -0.2) is 0 Å². The van der Waals surface area contributed by atoms with Crippen molar-refractivity contribution in [2.75, 3.05) is 0 Å². The Morgan fingerprint density at radius 1 is 1.33 bits per heavy atom. The summed E-state index contributed by atoms with van der Waals surface area (Å²) in [5.41, 5.74) is 6.00. The van der Waals surface area contributed by atoms with Crippen LogP contribution >= 0.6 is 0 Å². The summed E-state index contributed by atoms with van der Waals surface area (Å²) in [5.74, 6) is 0. The lowest BCUT2D eigenvalue weighted by molar-refractivity contribution is 1.45. The molecule has 0 atom stereocenters. The van der Waals surface area contributed by atoms with E-state index in [9.17, 15) is 0 Å². The highest BCUT2D eigenvalue weighted by atomic mass is 14.7. The van der Waals surface area contributed by atoms with E-state index in [0.717, 1.165) is 5.71 Å². The SMILES string of the molecule is CC.CC(C)=N/C=C\N. The van der Waals surface area contributed by atoms with Crippen molar-refractivity contribution in [3.05, 3.63) is 12.4 Å². The third kappa shape index (κ3) is 19.0. The molecule has 0 aliphatic heterocycles. The maximum absolute atomic E-state index is 4.99. The number of aliphatic imine (C=N–C) groups is 1. The average Bonchev–Trinajstić information content (AvgIpc) is 1.88. The fraction of sp³-hybridized carbons (Fsp3) is 0.571. The quantitative estimate of drug-likeness (QED) is 0.538. The standard InChI is InChI=1S/C5H10N2.C2H6/c1-5(2)7-4-3-6;1-2/h3-4H,6H2,1-2H3;1-2H3/b4-3-;. The van der Waals surface area contributed by atoms with Crippen molar-refractivity contribution in [2.24, 2.45) is 10.7 Å². The normalized spacial score (nSPS) is 8.00. The monoisotopic (exact) mass is 128 g/mol. The third-order valence-corrected chi connectivity index (χ3v) is 0.419.